The molecule has 0 aliphatic heterocycles. The van der Waals surface area contributed by atoms with Crippen molar-refractivity contribution in [2.75, 3.05) is 7.11 Å². The highest BCUT2D eigenvalue weighted by Crippen LogP contribution is 2.25. The second-order valence-corrected chi connectivity index (χ2v) is 9.48. The molecule has 0 aliphatic carbocycles. The number of hydrogen-bond donors (Lipinski definition) is 1. The quantitative estimate of drug-likeness (QED) is 0.516. The number of ether oxygens (including phenoxy) is 1. The molecule has 1 atom stereocenters. The molecule has 0 aliphatic rings. The second kappa shape index (κ2) is 11.2. The number of rotatable bonds is 11. The minimum atomic E-state index is -3.78. The van der Waals surface area contributed by atoms with Crippen LogP contribution in [0.3, 0.4) is 0 Å². The fourth-order valence-corrected chi connectivity index (χ4v) is 4.38. The van der Waals surface area contributed by atoms with Crippen molar-refractivity contribution >= 4 is 16.0 Å². The van der Waals surface area contributed by atoms with Crippen molar-refractivity contribution in [2.45, 2.75) is 56.9 Å². The van der Waals surface area contributed by atoms with Crippen molar-refractivity contribution in [3.63, 3.8) is 0 Å². The van der Waals surface area contributed by atoms with E-state index in [1.165, 1.54) is 19.2 Å². The Kier molecular flexibility index (Phi) is 8.99. The zero-order valence-electron chi connectivity index (χ0n) is 17.7. The van der Waals surface area contributed by atoms with Gasteiger partial charge in [-0.05, 0) is 67.0 Å². The number of nitrogens with one attached hydrogen (secondary N) is 1. The maximum atomic E-state index is 13.2. The molecule has 0 bridgehead atoms. The average molecular weight is 436 g/mol. The van der Waals surface area contributed by atoms with Gasteiger partial charge in [0.2, 0.25) is 10.0 Å². The molecule has 30 heavy (non-hydrogen) atoms. The Balaban J connectivity index is 2.13. The van der Waals surface area contributed by atoms with Crippen molar-refractivity contribution in [2.24, 2.45) is 5.92 Å². The molecule has 0 radical (unpaired) electrons. The zero-order valence-corrected chi connectivity index (χ0v) is 18.5. The highest BCUT2D eigenvalue weighted by atomic mass is 32.2. The Labute approximate surface area is 178 Å². The third-order valence-corrected chi connectivity index (χ3v) is 6.40. The molecule has 0 fully saturated rings. The maximum absolute atomic E-state index is 13.2. The SMILES string of the molecule is COC(=O)CCCc1ccc(C(CCC(C)C)NS(=O)(=O)c2ccc(F)cc2)cc1. The number of halogens is 1. The first kappa shape index (κ1) is 24.0. The largest absolute Gasteiger partial charge is 0.469 e. The highest BCUT2D eigenvalue weighted by molar-refractivity contribution is 7.89. The molecule has 1 unspecified atom stereocenters. The number of hydrogen-bond acceptors (Lipinski definition) is 4. The van der Waals surface area contributed by atoms with E-state index < -0.39 is 15.8 Å². The summed E-state index contributed by atoms with van der Waals surface area (Å²) < 4.78 is 46.2. The average Bonchev–Trinajstić information content (AvgIpc) is 2.71. The second-order valence-electron chi connectivity index (χ2n) is 7.77. The van der Waals surface area contributed by atoms with E-state index in [1.807, 2.05) is 24.3 Å². The van der Waals surface area contributed by atoms with Gasteiger partial charge in [0.15, 0.2) is 0 Å². The van der Waals surface area contributed by atoms with Crippen molar-refractivity contribution in [3.05, 3.63) is 65.5 Å². The van der Waals surface area contributed by atoms with Gasteiger partial charge in [0.1, 0.15) is 5.82 Å². The normalized spacial score (nSPS) is 12.7. The van der Waals surface area contributed by atoms with Gasteiger partial charge in [0.25, 0.3) is 0 Å². The summed E-state index contributed by atoms with van der Waals surface area (Å²) in [6, 6.07) is 12.2. The van der Waals surface area contributed by atoms with Crippen LogP contribution in [0.2, 0.25) is 0 Å². The van der Waals surface area contributed by atoms with Crippen molar-refractivity contribution in [1.82, 2.24) is 4.72 Å². The highest BCUT2D eigenvalue weighted by Gasteiger charge is 2.22. The minimum Gasteiger partial charge on any atom is -0.469 e. The van der Waals surface area contributed by atoms with E-state index in [-0.39, 0.29) is 16.9 Å². The van der Waals surface area contributed by atoms with E-state index in [0.29, 0.717) is 25.2 Å². The van der Waals surface area contributed by atoms with Gasteiger partial charge >= 0.3 is 5.97 Å². The van der Waals surface area contributed by atoms with Gasteiger partial charge in [-0.15, -0.1) is 0 Å². The molecule has 0 spiro atoms. The summed E-state index contributed by atoms with van der Waals surface area (Å²) in [7, 11) is -2.40. The predicted molar refractivity (Wildman–Crippen MR) is 115 cm³/mol. The van der Waals surface area contributed by atoms with Crippen LogP contribution < -0.4 is 4.72 Å². The molecule has 2 aromatic rings. The first-order valence-electron chi connectivity index (χ1n) is 10.1. The number of methoxy groups -OCH3 is 1. The van der Waals surface area contributed by atoms with Crippen molar-refractivity contribution in [3.8, 4) is 0 Å². The molecular formula is C23H30FNO4S. The monoisotopic (exact) mass is 435 g/mol. The summed E-state index contributed by atoms with van der Waals surface area (Å²) in [5, 5.41) is 0. The molecule has 0 aromatic heterocycles. The Morgan fingerprint density at radius 1 is 1.03 bits per heavy atom. The van der Waals surface area contributed by atoms with Crippen LogP contribution in [0.5, 0.6) is 0 Å². The lowest BCUT2D eigenvalue weighted by atomic mass is 9.97. The molecule has 2 rings (SSSR count). The van der Waals surface area contributed by atoms with Crippen molar-refractivity contribution < 1.29 is 22.3 Å². The molecule has 0 saturated carbocycles. The summed E-state index contributed by atoms with van der Waals surface area (Å²) in [5.41, 5.74) is 1.95. The van der Waals surface area contributed by atoms with E-state index in [2.05, 4.69) is 23.3 Å². The molecule has 2 aromatic carbocycles. The van der Waals surface area contributed by atoms with Gasteiger partial charge in [-0.2, -0.15) is 0 Å². The third kappa shape index (κ3) is 7.54. The summed E-state index contributed by atoms with van der Waals surface area (Å²) in [6.45, 7) is 4.19. The summed E-state index contributed by atoms with van der Waals surface area (Å²) in [4.78, 5) is 11.3. The number of esters is 1. The molecule has 164 valence electrons. The third-order valence-electron chi connectivity index (χ3n) is 4.91. The van der Waals surface area contributed by atoms with Gasteiger partial charge in [-0.3, -0.25) is 4.79 Å². The summed E-state index contributed by atoms with van der Waals surface area (Å²) >= 11 is 0. The first-order valence-corrected chi connectivity index (χ1v) is 11.6. The van der Waals surface area contributed by atoms with Gasteiger partial charge in [-0.1, -0.05) is 38.1 Å². The maximum Gasteiger partial charge on any atom is 0.305 e. The topological polar surface area (TPSA) is 72.5 Å². The standard InChI is InChI=1S/C23H30FNO4S/c1-17(2)7-16-22(25-30(27,28)21-14-12-20(24)13-15-21)19-10-8-18(9-11-19)5-4-6-23(26)29-3/h8-15,17,22,25H,4-7,16H2,1-3H3. The van der Waals surface area contributed by atoms with Crippen LogP contribution in [0.4, 0.5) is 4.39 Å². The smallest absolute Gasteiger partial charge is 0.305 e. The van der Waals surface area contributed by atoms with E-state index in [0.717, 1.165) is 36.1 Å². The van der Waals surface area contributed by atoms with E-state index in [1.54, 1.807) is 0 Å². The lowest BCUT2D eigenvalue weighted by molar-refractivity contribution is -0.140. The van der Waals surface area contributed by atoms with Crippen LogP contribution in [-0.2, 0) is 26.0 Å². The Morgan fingerprint density at radius 3 is 2.23 bits per heavy atom. The first-order chi connectivity index (χ1) is 14.2. The van der Waals surface area contributed by atoms with Crippen LogP contribution >= 0.6 is 0 Å². The molecular weight excluding hydrogens is 405 g/mol. The number of benzene rings is 2. The van der Waals surface area contributed by atoms with E-state index in [4.69, 9.17) is 0 Å². The van der Waals surface area contributed by atoms with Crippen LogP contribution in [0, 0.1) is 11.7 Å². The molecule has 5 nitrogen and oxygen atoms in total. The molecule has 7 heteroatoms. The van der Waals surface area contributed by atoms with Gasteiger partial charge in [0, 0.05) is 12.5 Å². The number of sulfonamides is 1. The lowest BCUT2D eigenvalue weighted by Gasteiger charge is -2.21. The van der Waals surface area contributed by atoms with E-state index >= 15 is 0 Å². The summed E-state index contributed by atoms with van der Waals surface area (Å²) in [5.74, 6) is -0.274. The zero-order chi connectivity index (χ0) is 22.1. The molecule has 0 amide bonds. The van der Waals surface area contributed by atoms with E-state index in [9.17, 15) is 17.6 Å². The summed E-state index contributed by atoms with van der Waals surface area (Å²) in [6.07, 6.45) is 3.32. The number of carbonyl (C=O) groups is 1. The van der Waals surface area contributed by atoms with Gasteiger partial charge in [0.05, 0.1) is 12.0 Å². The van der Waals surface area contributed by atoms with Crippen LogP contribution in [-0.4, -0.2) is 21.5 Å². The number of aryl methyl sites for hydroxylation is 1. The van der Waals surface area contributed by atoms with Crippen LogP contribution in [0.15, 0.2) is 53.4 Å². The minimum absolute atomic E-state index is 0.0397. The van der Waals surface area contributed by atoms with Gasteiger partial charge < -0.3 is 4.74 Å². The molecule has 0 saturated heterocycles. The predicted octanol–water partition coefficient (Wildman–Crippen LogP) is 4.78. The van der Waals surface area contributed by atoms with Crippen LogP contribution in [0.1, 0.15) is 56.7 Å². The lowest BCUT2D eigenvalue weighted by Crippen LogP contribution is -2.29. The van der Waals surface area contributed by atoms with Gasteiger partial charge in [-0.25, -0.2) is 17.5 Å². The molecule has 0 heterocycles. The Morgan fingerprint density at radius 2 is 1.67 bits per heavy atom. The fraction of sp³-hybridized carbons (Fsp3) is 0.435. The fourth-order valence-electron chi connectivity index (χ4n) is 3.12. The Hall–Kier alpha value is -2.25. The Bertz CT molecular complexity index is 909. The molecule has 1 N–H and O–H groups in total. The van der Waals surface area contributed by atoms with Crippen molar-refractivity contribution in [1.29, 1.82) is 0 Å². The van der Waals surface area contributed by atoms with Crippen LogP contribution in [0.25, 0.3) is 0 Å². The number of carbonyl (C=O) groups excluding carboxylic acids is 1.